The average Bonchev–Trinajstić information content (AvgIpc) is 3.53. The molecule has 0 aromatic heterocycles. The van der Waals surface area contributed by atoms with Crippen molar-refractivity contribution in [3.63, 3.8) is 0 Å². The zero-order valence-electron chi connectivity index (χ0n) is 17.1. The van der Waals surface area contributed by atoms with Crippen LogP contribution in [0.15, 0.2) is 42.5 Å². The van der Waals surface area contributed by atoms with Gasteiger partial charge in [-0.15, -0.1) is 0 Å². The Kier molecular flexibility index (Phi) is 5.61. The molecule has 6 nitrogen and oxygen atoms in total. The highest BCUT2D eigenvalue weighted by Crippen LogP contribution is 2.37. The number of anilines is 1. The van der Waals surface area contributed by atoms with Gasteiger partial charge in [-0.05, 0) is 31.0 Å². The fraction of sp³-hybridized carbons (Fsp3) is 0.391. The Balaban J connectivity index is 1.53. The lowest BCUT2D eigenvalue weighted by Crippen LogP contribution is -2.38. The van der Waals surface area contributed by atoms with E-state index in [1.165, 1.54) is 13.2 Å². The summed E-state index contributed by atoms with van der Waals surface area (Å²) in [6.45, 7) is 0.508. The second kappa shape index (κ2) is 8.34. The van der Waals surface area contributed by atoms with Gasteiger partial charge >= 0.3 is 0 Å². The van der Waals surface area contributed by atoms with Crippen LogP contribution in [-0.4, -0.2) is 43.5 Å². The zero-order chi connectivity index (χ0) is 21.3. The number of halogens is 1. The van der Waals surface area contributed by atoms with Gasteiger partial charge in [0.1, 0.15) is 17.3 Å². The second-order valence-corrected chi connectivity index (χ2v) is 7.73. The van der Waals surface area contributed by atoms with E-state index < -0.39 is 5.92 Å². The molecule has 2 aromatic rings. The Hall–Kier alpha value is -3.09. The van der Waals surface area contributed by atoms with Crippen molar-refractivity contribution in [1.29, 1.82) is 0 Å². The summed E-state index contributed by atoms with van der Waals surface area (Å²) in [5, 5.41) is 0. The van der Waals surface area contributed by atoms with E-state index in [4.69, 9.17) is 9.47 Å². The molecule has 0 radical (unpaired) electrons. The number of nitrogens with zero attached hydrogens (tertiary/aromatic N) is 2. The van der Waals surface area contributed by atoms with Crippen LogP contribution < -0.4 is 14.4 Å². The van der Waals surface area contributed by atoms with Crippen molar-refractivity contribution >= 4 is 17.5 Å². The fourth-order valence-electron chi connectivity index (χ4n) is 3.93. The lowest BCUT2D eigenvalue weighted by molar-refractivity contribution is -0.137. The van der Waals surface area contributed by atoms with Gasteiger partial charge in [0.25, 0.3) is 0 Å². The summed E-state index contributed by atoms with van der Waals surface area (Å²) in [7, 11) is 3.09. The predicted molar refractivity (Wildman–Crippen MR) is 110 cm³/mol. The maximum absolute atomic E-state index is 14.1. The molecule has 2 aliphatic rings. The normalized spacial score (nSPS) is 18.4. The monoisotopic (exact) mass is 412 g/mol. The van der Waals surface area contributed by atoms with Crippen LogP contribution in [-0.2, 0) is 16.1 Å². The molecule has 1 heterocycles. The van der Waals surface area contributed by atoms with E-state index in [9.17, 15) is 14.0 Å². The van der Waals surface area contributed by atoms with Gasteiger partial charge in [0.05, 0.1) is 25.8 Å². The molecule has 1 unspecified atom stereocenters. The Morgan fingerprint density at radius 1 is 1.17 bits per heavy atom. The molecule has 2 aromatic carbocycles. The second-order valence-electron chi connectivity index (χ2n) is 7.73. The van der Waals surface area contributed by atoms with Crippen LogP contribution in [0.1, 0.15) is 24.8 Å². The molecular formula is C23H25FN2O4. The van der Waals surface area contributed by atoms with Crippen molar-refractivity contribution in [3.05, 3.63) is 53.8 Å². The number of carbonyl (C=O) groups is 2. The highest BCUT2D eigenvalue weighted by Gasteiger charge is 2.42. The van der Waals surface area contributed by atoms with Crippen LogP contribution >= 0.6 is 0 Å². The maximum Gasteiger partial charge on any atom is 0.228 e. The van der Waals surface area contributed by atoms with Crippen molar-refractivity contribution in [2.24, 2.45) is 5.92 Å². The van der Waals surface area contributed by atoms with Crippen molar-refractivity contribution in [2.45, 2.75) is 31.8 Å². The first kappa shape index (κ1) is 20.2. The summed E-state index contributed by atoms with van der Waals surface area (Å²) < 4.78 is 24.8. The van der Waals surface area contributed by atoms with Crippen molar-refractivity contribution in [3.8, 4) is 11.5 Å². The first-order valence-corrected chi connectivity index (χ1v) is 10.1. The number of hydrogen-bond donors (Lipinski definition) is 0. The van der Waals surface area contributed by atoms with Crippen LogP contribution in [0.2, 0.25) is 0 Å². The molecule has 0 bridgehead atoms. The Morgan fingerprint density at radius 3 is 2.60 bits per heavy atom. The Labute approximate surface area is 175 Å². The topological polar surface area (TPSA) is 59.1 Å². The summed E-state index contributed by atoms with van der Waals surface area (Å²) in [6, 6.07) is 11.9. The molecule has 1 aliphatic heterocycles. The Morgan fingerprint density at radius 2 is 1.93 bits per heavy atom. The first-order valence-electron chi connectivity index (χ1n) is 10.1. The molecule has 2 amide bonds. The molecule has 158 valence electrons. The van der Waals surface area contributed by atoms with E-state index in [-0.39, 0.29) is 43.2 Å². The predicted octanol–water partition coefficient (Wildman–Crippen LogP) is 3.39. The highest BCUT2D eigenvalue weighted by atomic mass is 19.1. The lowest BCUT2D eigenvalue weighted by atomic mass is 10.1. The van der Waals surface area contributed by atoms with Crippen molar-refractivity contribution in [1.82, 2.24) is 4.90 Å². The quantitative estimate of drug-likeness (QED) is 0.700. The maximum atomic E-state index is 14.1. The van der Waals surface area contributed by atoms with Gasteiger partial charge in [-0.3, -0.25) is 9.59 Å². The number of rotatable bonds is 7. The van der Waals surface area contributed by atoms with E-state index in [2.05, 4.69) is 0 Å². The largest absolute Gasteiger partial charge is 0.497 e. The van der Waals surface area contributed by atoms with Crippen LogP contribution in [0.5, 0.6) is 11.5 Å². The summed E-state index contributed by atoms with van der Waals surface area (Å²) in [5.74, 6) is 0.142. The Bertz CT molecular complexity index is 960. The highest BCUT2D eigenvalue weighted by molar-refractivity contribution is 6.01. The average molecular weight is 412 g/mol. The van der Waals surface area contributed by atoms with Gasteiger partial charge < -0.3 is 19.3 Å². The van der Waals surface area contributed by atoms with E-state index in [0.717, 1.165) is 12.8 Å². The van der Waals surface area contributed by atoms with Gasteiger partial charge in [-0.2, -0.15) is 0 Å². The van der Waals surface area contributed by atoms with E-state index >= 15 is 0 Å². The van der Waals surface area contributed by atoms with Gasteiger partial charge in [-0.25, -0.2) is 4.39 Å². The molecule has 30 heavy (non-hydrogen) atoms. The van der Waals surface area contributed by atoms with Gasteiger partial charge in [0, 0.05) is 37.2 Å². The molecule has 0 N–H and O–H groups in total. The third-order valence-corrected chi connectivity index (χ3v) is 5.72. The summed E-state index contributed by atoms with van der Waals surface area (Å²) in [6.07, 6.45) is 1.96. The smallest absolute Gasteiger partial charge is 0.228 e. The summed E-state index contributed by atoms with van der Waals surface area (Å²) >= 11 is 0. The minimum absolute atomic E-state index is 0.0934. The third-order valence-electron chi connectivity index (χ3n) is 5.72. The SMILES string of the molecule is COc1ccc(N2CC(C(=O)N(Cc3ccccc3F)C3CC3)CC2=O)c(OC)c1. The number of methoxy groups -OCH3 is 2. The van der Waals surface area contributed by atoms with E-state index in [1.54, 1.807) is 53.3 Å². The van der Waals surface area contributed by atoms with Gasteiger partial charge in [0.2, 0.25) is 11.8 Å². The lowest BCUT2D eigenvalue weighted by Gasteiger charge is -2.26. The van der Waals surface area contributed by atoms with E-state index in [0.29, 0.717) is 22.7 Å². The van der Waals surface area contributed by atoms with Crippen LogP contribution in [0.3, 0.4) is 0 Å². The van der Waals surface area contributed by atoms with Crippen molar-refractivity contribution < 1.29 is 23.5 Å². The number of amides is 2. The molecule has 1 saturated heterocycles. The van der Waals surface area contributed by atoms with Gasteiger partial charge in [-0.1, -0.05) is 18.2 Å². The van der Waals surface area contributed by atoms with Crippen LogP contribution in [0.4, 0.5) is 10.1 Å². The molecule has 1 atom stereocenters. The van der Waals surface area contributed by atoms with Crippen molar-refractivity contribution in [2.75, 3.05) is 25.7 Å². The van der Waals surface area contributed by atoms with E-state index in [1.807, 2.05) is 0 Å². The molecule has 7 heteroatoms. The summed E-state index contributed by atoms with van der Waals surface area (Å²) in [5.41, 5.74) is 1.11. The molecular weight excluding hydrogens is 387 g/mol. The number of carbonyl (C=O) groups excluding carboxylic acids is 2. The number of hydrogen-bond acceptors (Lipinski definition) is 4. The summed E-state index contributed by atoms with van der Waals surface area (Å²) in [4.78, 5) is 29.4. The molecule has 0 spiro atoms. The molecule has 4 rings (SSSR count). The third kappa shape index (κ3) is 3.97. The first-order chi connectivity index (χ1) is 14.5. The molecule has 2 fully saturated rings. The van der Waals surface area contributed by atoms with Crippen LogP contribution in [0.25, 0.3) is 0 Å². The standard InChI is InChI=1S/C23H25FN2O4/c1-29-18-9-10-20(21(12-18)30-2)26-14-16(11-22(26)27)23(28)25(17-7-8-17)13-15-5-3-4-6-19(15)24/h3-6,9-10,12,16-17H,7-8,11,13-14H2,1-2H3. The van der Waals surface area contributed by atoms with Crippen LogP contribution in [0, 0.1) is 11.7 Å². The minimum atomic E-state index is -0.461. The van der Waals surface area contributed by atoms with Gasteiger partial charge in [0.15, 0.2) is 0 Å². The molecule has 1 saturated carbocycles. The number of ether oxygens (including phenoxy) is 2. The fourth-order valence-corrected chi connectivity index (χ4v) is 3.93. The molecule has 1 aliphatic carbocycles. The number of benzene rings is 2. The minimum Gasteiger partial charge on any atom is -0.497 e. The zero-order valence-corrected chi connectivity index (χ0v) is 17.1.